The highest BCUT2D eigenvalue weighted by Crippen LogP contribution is 2.47. The number of aromatic nitrogens is 2. The van der Waals surface area contributed by atoms with Gasteiger partial charge in [-0.1, -0.05) is 12.1 Å². The van der Waals surface area contributed by atoms with Crippen molar-refractivity contribution < 1.29 is 13.3 Å². The van der Waals surface area contributed by atoms with Crippen LogP contribution >= 0.6 is 0 Å². The van der Waals surface area contributed by atoms with Crippen LogP contribution in [0.1, 0.15) is 30.2 Å². The number of hydrogen-bond acceptors (Lipinski definition) is 5. The van der Waals surface area contributed by atoms with Crippen LogP contribution in [0.3, 0.4) is 0 Å². The standard InChI is InChI=1S/C18H20F2N4O/c1-10-21-18(22-25-10)24-9-13(12-3-2-4-14(19)15(12)20)17-16(24)11-5-7-23(17)8-6-11/h2-4,11,13,16-17H,5-9H2,1H3/t13-,16+,17+/m0/s1. The molecule has 2 aromatic rings. The Morgan fingerprint density at radius 3 is 2.68 bits per heavy atom. The van der Waals surface area contributed by atoms with Gasteiger partial charge in [-0.2, -0.15) is 4.98 Å². The minimum Gasteiger partial charge on any atom is -0.338 e. The number of benzene rings is 1. The van der Waals surface area contributed by atoms with Gasteiger partial charge in [-0.25, -0.2) is 8.78 Å². The van der Waals surface area contributed by atoms with E-state index < -0.39 is 11.6 Å². The molecule has 4 aliphatic rings. The van der Waals surface area contributed by atoms with Crippen molar-refractivity contribution >= 4 is 5.95 Å². The first-order chi connectivity index (χ1) is 12.1. The van der Waals surface area contributed by atoms with Gasteiger partial charge in [-0.05, 0) is 48.6 Å². The second-order valence-corrected chi connectivity index (χ2v) is 7.37. The Hall–Kier alpha value is -2.02. The summed E-state index contributed by atoms with van der Waals surface area (Å²) in [5, 5.41) is 4.09. The highest BCUT2D eigenvalue weighted by atomic mass is 19.2. The molecule has 3 atom stereocenters. The quantitative estimate of drug-likeness (QED) is 0.837. The summed E-state index contributed by atoms with van der Waals surface area (Å²) >= 11 is 0. The van der Waals surface area contributed by atoms with Crippen LogP contribution < -0.4 is 4.90 Å². The fourth-order valence-electron chi connectivity index (χ4n) is 5.14. The number of fused-ring (bicyclic) bond motifs is 2. The summed E-state index contributed by atoms with van der Waals surface area (Å²) in [6.07, 6.45) is 2.26. The van der Waals surface area contributed by atoms with Crippen molar-refractivity contribution in [3.8, 4) is 0 Å². The molecule has 1 aromatic heterocycles. The minimum absolute atomic E-state index is 0.0948. The maximum absolute atomic E-state index is 14.5. The Morgan fingerprint density at radius 1 is 1.16 bits per heavy atom. The van der Waals surface area contributed by atoms with Gasteiger partial charge in [0.1, 0.15) is 0 Å². The van der Waals surface area contributed by atoms with Crippen molar-refractivity contribution in [2.45, 2.75) is 37.8 Å². The molecule has 0 saturated carbocycles. The van der Waals surface area contributed by atoms with Crippen molar-refractivity contribution in [1.29, 1.82) is 0 Å². The molecular formula is C18H20F2N4O. The van der Waals surface area contributed by atoms with Gasteiger partial charge in [0, 0.05) is 25.4 Å². The van der Waals surface area contributed by atoms with Crippen molar-refractivity contribution in [3.63, 3.8) is 0 Å². The van der Waals surface area contributed by atoms with Crippen molar-refractivity contribution in [1.82, 2.24) is 15.0 Å². The van der Waals surface area contributed by atoms with Gasteiger partial charge >= 0.3 is 0 Å². The van der Waals surface area contributed by atoms with Crippen LogP contribution in [0.25, 0.3) is 0 Å². The molecule has 4 fully saturated rings. The number of halogens is 2. The van der Waals surface area contributed by atoms with Crippen LogP contribution in [-0.4, -0.2) is 46.8 Å². The molecule has 4 saturated heterocycles. The lowest BCUT2D eigenvalue weighted by Crippen LogP contribution is -2.60. The predicted molar refractivity (Wildman–Crippen MR) is 87.4 cm³/mol. The summed E-state index contributed by atoms with van der Waals surface area (Å²) in [5.74, 6) is 0.0331. The lowest BCUT2D eigenvalue weighted by atomic mass is 9.75. The Kier molecular flexibility index (Phi) is 3.35. The van der Waals surface area contributed by atoms with E-state index in [1.807, 2.05) is 0 Å². The fraction of sp³-hybridized carbons (Fsp3) is 0.556. The summed E-state index contributed by atoms with van der Waals surface area (Å²) in [7, 11) is 0. The summed E-state index contributed by atoms with van der Waals surface area (Å²) < 4.78 is 33.5. The van der Waals surface area contributed by atoms with Gasteiger partial charge in [-0.15, -0.1) is 0 Å². The molecule has 132 valence electrons. The molecule has 4 aliphatic heterocycles. The summed E-state index contributed by atoms with van der Waals surface area (Å²) in [6, 6.07) is 4.89. The van der Waals surface area contributed by atoms with Crippen LogP contribution in [0.15, 0.2) is 22.7 Å². The molecule has 7 heteroatoms. The predicted octanol–water partition coefficient (Wildman–Crippen LogP) is 2.72. The normalized spacial score (nSPS) is 33.7. The van der Waals surface area contributed by atoms with Crippen LogP contribution in [0.2, 0.25) is 0 Å². The van der Waals surface area contributed by atoms with E-state index in [0.29, 0.717) is 29.9 Å². The Labute approximate surface area is 144 Å². The first kappa shape index (κ1) is 15.3. The summed E-state index contributed by atoms with van der Waals surface area (Å²) in [4.78, 5) is 8.99. The number of piperidine rings is 3. The van der Waals surface area contributed by atoms with E-state index in [9.17, 15) is 8.78 Å². The SMILES string of the molecule is Cc1nc(N2C[C@@H](c3cccc(F)c3F)[C@@H]3[C@H]2C2CCN3CC2)no1. The van der Waals surface area contributed by atoms with Crippen LogP contribution in [0.5, 0.6) is 0 Å². The molecule has 6 rings (SSSR count). The molecule has 0 aliphatic carbocycles. The lowest BCUT2D eigenvalue weighted by Gasteiger charge is -2.51. The minimum atomic E-state index is -0.779. The second kappa shape index (κ2) is 5.49. The van der Waals surface area contributed by atoms with Crippen LogP contribution in [0, 0.1) is 24.5 Å². The third kappa shape index (κ3) is 2.21. The molecule has 0 radical (unpaired) electrons. The van der Waals surface area contributed by atoms with Gasteiger partial charge in [0.15, 0.2) is 11.6 Å². The molecule has 2 bridgehead atoms. The van der Waals surface area contributed by atoms with E-state index >= 15 is 0 Å². The Balaban J connectivity index is 1.59. The van der Waals surface area contributed by atoms with Gasteiger partial charge < -0.3 is 9.42 Å². The smallest absolute Gasteiger partial charge is 0.266 e. The zero-order valence-electron chi connectivity index (χ0n) is 14.0. The Morgan fingerprint density at radius 2 is 1.96 bits per heavy atom. The Bertz CT molecular complexity index is 802. The molecule has 25 heavy (non-hydrogen) atoms. The summed E-state index contributed by atoms with van der Waals surface area (Å²) in [6.45, 7) is 4.41. The number of hydrogen-bond donors (Lipinski definition) is 0. The average Bonchev–Trinajstić information content (AvgIpc) is 3.23. The maximum Gasteiger partial charge on any atom is 0.266 e. The van der Waals surface area contributed by atoms with Crippen LogP contribution in [-0.2, 0) is 0 Å². The van der Waals surface area contributed by atoms with Crippen molar-refractivity contribution in [2.24, 2.45) is 5.92 Å². The zero-order chi connectivity index (χ0) is 17.1. The monoisotopic (exact) mass is 346 g/mol. The van der Waals surface area contributed by atoms with E-state index in [0.717, 1.165) is 25.9 Å². The van der Waals surface area contributed by atoms with Gasteiger partial charge in [0.05, 0.1) is 6.04 Å². The number of aryl methyl sites for hydroxylation is 1. The molecule has 0 spiro atoms. The summed E-state index contributed by atoms with van der Waals surface area (Å²) in [5.41, 5.74) is 0.463. The second-order valence-electron chi connectivity index (χ2n) is 7.37. The van der Waals surface area contributed by atoms with E-state index in [-0.39, 0.29) is 18.0 Å². The van der Waals surface area contributed by atoms with Gasteiger partial charge in [-0.3, -0.25) is 4.90 Å². The molecule has 1 aromatic carbocycles. The first-order valence-corrected chi connectivity index (χ1v) is 8.88. The molecule has 0 amide bonds. The maximum atomic E-state index is 14.5. The van der Waals surface area contributed by atoms with E-state index in [4.69, 9.17) is 4.52 Å². The van der Waals surface area contributed by atoms with E-state index in [2.05, 4.69) is 19.9 Å². The molecular weight excluding hydrogens is 326 g/mol. The van der Waals surface area contributed by atoms with Crippen molar-refractivity contribution in [3.05, 3.63) is 41.3 Å². The van der Waals surface area contributed by atoms with Gasteiger partial charge in [0.2, 0.25) is 5.89 Å². The topological polar surface area (TPSA) is 45.4 Å². The number of nitrogens with zero attached hydrogens (tertiary/aromatic N) is 4. The largest absolute Gasteiger partial charge is 0.338 e. The van der Waals surface area contributed by atoms with Gasteiger partial charge in [0.25, 0.3) is 5.95 Å². The highest BCUT2D eigenvalue weighted by molar-refractivity contribution is 5.42. The molecule has 5 nitrogen and oxygen atoms in total. The lowest BCUT2D eigenvalue weighted by molar-refractivity contribution is 0.0348. The first-order valence-electron chi connectivity index (χ1n) is 8.88. The average molecular weight is 346 g/mol. The number of anilines is 1. The zero-order valence-corrected chi connectivity index (χ0v) is 14.0. The molecule has 0 N–H and O–H groups in total. The fourth-order valence-corrected chi connectivity index (χ4v) is 5.14. The molecule has 5 heterocycles. The third-order valence-corrected chi connectivity index (χ3v) is 6.15. The molecule has 0 unspecified atom stereocenters. The third-order valence-electron chi connectivity index (χ3n) is 6.15. The van der Waals surface area contributed by atoms with Crippen molar-refractivity contribution in [2.75, 3.05) is 24.5 Å². The highest BCUT2D eigenvalue weighted by Gasteiger charge is 2.54. The van der Waals surface area contributed by atoms with E-state index in [1.54, 1.807) is 19.1 Å². The van der Waals surface area contributed by atoms with Crippen LogP contribution in [0.4, 0.5) is 14.7 Å². The van der Waals surface area contributed by atoms with E-state index in [1.165, 1.54) is 6.07 Å². The number of rotatable bonds is 2.